The van der Waals surface area contributed by atoms with Crippen molar-refractivity contribution in [1.29, 1.82) is 0 Å². The van der Waals surface area contributed by atoms with Crippen molar-refractivity contribution in [2.24, 2.45) is 0 Å². The molecular weight excluding hydrogens is 413 g/mol. The minimum absolute atomic E-state index is 0. The van der Waals surface area contributed by atoms with E-state index in [9.17, 15) is 14.0 Å². The summed E-state index contributed by atoms with van der Waals surface area (Å²) >= 11 is 0. The van der Waals surface area contributed by atoms with E-state index in [1.165, 1.54) is 24.3 Å². The van der Waals surface area contributed by atoms with Gasteiger partial charge in [-0.15, -0.1) is 0 Å². The maximum absolute atomic E-state index is 13.0. The van der Waals surface area contributed by atoms with Crippen LogP contribution in [0, 0.1) is 5.82 Å². The lowest BCUT2D eigenvalue weighted by Crippen LogP contribution is -2.43. The maximum atomic E-state index is 13.0. The summed E-state index contributed by atoms with van der Waals surface area (Å²) < 4.78 is 29.1. The molecule has 2 rings (SSSR count). The summed E-state index contributed by atoms with van der Waals surface area (Å²) in [7, 11) is 0. The molecule has 0 aliphatic carbocycles. The fraction of sp³-hybridized carbons (Fsp3) is 0.440. The molecule has 0 heterocycles. The van der Waals surface area contributed by atoms with Gasteiger partial charge < -0.3 is 19.5 Å². The Morgan fingerprint density at radius 1 is 1.03 bits per heavy atom. The Hall–Kier alpha value is -3.09. The molecule has 0 aromatic heterocycles. The number of rotatable bonds is 8. The highest BCUT2D eigenvalue weighted by atomic mass is 19.1. The summed E-state index contributed by atoms with van der Waals surface area (Å²) in [6.07, 6.45) is -0.770. The number of carbonyl (C=O) groups excluding carboxylic acids is 2. The SMILES string of the molecule is C.CC.CC(C)(C)OC(=O)N[C@@H](COc1ccc(F)cc1)CC(=O)OCc1ccccc1.[HH]. The second-order valence-corrected chi connectivity index (χ2v) is 7.46. The predicted octanol–water partition coefficient (Wildman–Crippen LogP) is 6.14. The van der Waals surface area contributed by atoms with Gasteiger partial charge in [-0.3, -0.25) is 4.79 Å². The van der Waals surface area contributed by atoms with Gasteiger partial charge in [0.05, 0.1) is 12.5 Å². The molecule has 0 spiro atoms. The van der Waals surface area contributed by atoms with Crippen molar-refractivity contribution in [2.45, 2.75) is 66.7 Å². The Balaban J connectivity index is 0. The largest absolute Gasteiger partial charge is 0.491 e. The van der Waals surface area contributed by atoms with Crippen LogP contribution in [0.15, 0.2) is 54.6 Å². The molecule has 0 fully saturated rings. The number of amides is 1. The molecule has 0 bridgehead atoms. The standard InChI is InChI=1S/C22H26FNO5.C2H6.CH4.H2/c1-22(2,3)29-21(26)24-18(15-27-19-11-9-17(23)10-12-19)13-20(25)28-14-16-7-5-4-6-8-16;1-2;;/h4-12,18H,13-15H2,1-3H3,(H,24,26);1-2H3;1H4;1H/t18-;;;/m1.../s1. The van der Waals surface area contributed by atoms with Crippen LogP contribution in [0.2, 0.25) is 0 Å². The van der Waals surface area contributed by atoms with E-state index in [-0.39, 0.29) is 34.3 Å². The van der Waals surface area contributed by atoms with E-state index < -0.39 is 23.7 Å². The zero-order valence-electron chi connectivity index (χ0n) is 18.8. The van der Waals surface area contributed by atoms with Crippen LogP contribution in [0.1, 0.15) is 55.5 Å². The monoisotopic (exact) mass is 451 g/mol. The molecule has 1 amide bonds. The molecule has 0 radical (unpaired) electrons. The average molecular weight is 452 g/mol. The second-order valence-electron chi connectivity index (χ2n) is 7.46. The van der Waals surface area contributed by atoms with Crippen molar-refractivity contribution in [1.82, 2.24) is 5.32 Å². The molecule has 1 N–H and O–H groups in total. The lowest BCUT2D eigenvalue weighted by atomic mass is 10.2. The zero-order chi connectivity index (χ0) is 23.3. The number of esters is 1. The Morgan fingerprint density at radius 3 is 2.19 bits per heavy atom. The van der Waals surface area contributed by atoms with Gasteiger partial charge in [-0.1, -0.05) is 51.6 Å². The second kappa shape index (κ2) is 14.8. The van der Waals surface area contributed by atoms with Crippen molar-refractivity contribution >= 4 is 12.1 Å². The fourth-order valence-corrected chi connectivity index (χ4v) is 2.35. The van der Waals surface area contributed by atoms with Crippen LogP contribution in [0.25, 0.3) is 0 Å². The molecule has 0 unspecified atom stereocenters. The number of benzene rings is 2. The van der Waals surface area contributed by atoms with Crippen molar-refractivity contribution in [3.05, 3.63) is 66.0 Å². The summed E-state index contributed by atoms with van der Waals surface area (Å²) in [6, 6.07) is 14.1. The number of hydrogen-bond donors (Lipinski definition) is 1. The smallest absolute Gasteiger partial charge is 0.408 e. The van der Waals surface area contributed by atoms with Gasteiger partial charge in [-0.25, -0.2) is 9.18 Å². The maximum Gasteiger partial charge on any atom is 0.408 e. The molecule has 2 aromatic carbocycles. The highest BCUT2D eigenvalue weighted by molar-refractivity contribution is 5.73. The van der Waals surface area contributed by atoms with Gasteiger partial charge in [-0.2, -0.15) is 0 Å². The predicted molar refractivity (Wildman–Crippen MR) is 126 cm³/mol. The molecule has 0 aliphatic heterocycles. The van der Waals surface area contributed by atoms with E-state index >= 15 is 0 Å². The fourth-order valence-electron chi connectivity index (χ4n) is 2.35. The van der Waals surface area contributed by atoms with Crippen LogP contribution in [-0.4, -0.2) is 30.3 Å². The highest BCUT2D eigenvalue weighted by Crippen LogP contribution is 2.13. The van der Waals surface area contributed by atoms with Gasteiger partial charge in [0.2, 0.25) is 0 Å². The summed E-state index contributed by atoms with van der Waals surface area (Å²) in [4.78, 5) is 24.3. The Morgan fingerprint density at radius 2 is 1.62 bits per heavy atom. The van der Waals surface area contributed by atoms with Gasteiger partial charge in [-0.05, 0) is 50.6 Å². The van der Waals surface area contributed by atoms with Crippen LogP contribution >= 0.6 is 0 Å². The Bertz CT molecular complexity index is 795. The van der Waals surface area contributed by atoms with E-state index in [1.54, 1.807) is 20.8 Å². The first-order valence-electron chi connectivity index (χ1n) is 10.3. The van der Waals surface area contributed by atoms with Gasteiger partial charge in [0.1, 0.15) is 30.4 Å². The Kier molecular flexibility index (Phi) is 13.4. The van der Waals surface area contributed by atoms with E-state index in [2.05, 4.69) is 5.32 Å². The lowest BCUT2D eigenvalue weighted by Gasteiger charge is -2.23. The van der Waals surface area contributed by atoms with Gasteiger partial charge in [0.15, 0.2) is 0 Å². The van der Waals surface area contributed by atoms with Crippen LogP contribution < -0.4 is 10.1 Å². The number of alkyl carbamates (subject to hydrolysis) is 1. The molecule has 7 heteroatoms. The number of ether oxygens (including phenoxy) is 3. The zero-order valence-corrected chi connectivity index (χ0v) is 18.8. The number of carbonyl (C=O) groups is 2. The van der Waals surface area contributed by atoms with Gasteiger partial charge >= 0.3 is 12.1 Å². The molecule has 0 saturated carbocycles. The van der Waals surface area contributed by atoms with E-state index in [1.807, 2.05) is 44.2 Å². The third-order valence-corrected chi connectivity index (χ3v) is 3.64. The highest BCUT2D eigenvalue weighted by Gasteiger charge is 2.22. The average Bonchev–Trinajstić information content (AvgIpc) is 2.72. The molecule has 0 saturated heterocycles. The summed E-state index contributed by atoms with van der Waals surface area (Å²) in [5, 5.41) is 2.62. The van der Waals surface area contributed by atoms with E-state index in [0.717, 1.165) is 5.56 Å². The summed E-state index contributed by atoms with van der Waals surface area (Å²) in [5.41, 5.74) is 0.181. The summed E-state index contributed by atoms with van der Waals surface area (Å²) in [5.74, 6) is -0.456. The van der Waals surface area contributed by atoms with Crippen molar-refractivity contribution in [2.75, 3.05) is 6.61 Å². The first-order chi connectivity index (χ1) is 14.7. The molecule has 2 aromatic rings. The quantitative estimate of drug-likeness (QED) is 0.488. The van der Waals surface area contributed by atoms with Crippen LogP contribution in [-0.2, 0) is 20.9 Å². The van der Waals surface area contributed by atoms with E-state index in [4.69, 9.17) is 14.2 Å². The van der Waals surface area contributed by atoms with Crippen molar-refractivity contribution in [3.8, 4) is 5.75 Å². The minimum Gasteiger partial charge on any atom is -0.491 e. The third-order valence-electron chi connectivity index (χ3n) is 3.64. The molecule has 6 nitrogen and oxygen atoms in total. The van der Waals surface area contributed by atoms with Crippen molar-refractivity contribution in [3.63, 3.8) is 0 Å². The van der Waals surface area contributed by atoms with Gasteiger partial charge in [0.25, 0.3) is 0 Å². The topological polar surface area (TPSA) is 73.9 Å². The minimum atomic E-state index is -0.682. The number of halogens is 1. The summed E-state index contributed by atoms with van der Waals surface area (Å²) in [6.45, 7) is 9.35. The molecule has 180 valence electrons. The normalized spacial score (nSPS) is 11.1. The Labute approximate surface area is 192 Å². The molecule has 1 atom stereocenters. The van der Waals surface area contributed by atoms with Crippen LogP contribution in [0.5, 0.6) is 5.75 Å². The first kappa shape index (κ1) is 28.9. The number of nitrogens with one attached hydrogen (secondary N) is 1. The van der Waals surface area contributed by atoms with E-state index in [0.29, 0.717) is 5.75 Å². The first-order valence-corrected chi connectivity index (χ1v) is 10.3. The molecule has 32 heavy (non-hydrogen) atoms. The van der Waals surface area contributed by atoms with Crippen LogP contribution in [0.4, 0.5) is 9.18 Å². The third kappa shape index (κ3) is 12.6. The molecule has 0 aliphatic rings. The van der Waals surface area contributed by atoms with Crippen LogP contribution in [0.3, 0.4) is 0 Å². The van der Waals surface area contributed by atoms with Gasteiger partial charge in [0, 0.05) is 1.43 Å². The van der Waals surface area contributed by atoms with Crippen molar-refractivity contribution < 1.29 is 29.6 Å². The number of hydrogen-bond acceptors (Lipinski definition) is 5. The molecular formula is C25H38FNO5. The lowest BCUT2D eigenvalue weighted by molar-refractivity contribution is -0.145.